The summed E-state index contributed by atoms with van der Waals surface area (Å²) in [4.78, 5) is 16.1. The summed E-state index contributed by atoms with van der Waals surface area (Å²) in [5.41, 5.74) is 1.22. The van der Waals surface area contributed by atoms with Crippen LogP contribution in [0.2, 0.25) is 0 Å². The SMILES string of the molecule is O=C(/C=C/c1ccccc1F)Nc1nc2ccccc2s1. The van der Waals surface area contributed by atoms with E-state index in [0.29, 0.717) is 10.7 Å². The highest BCUT2D eigenvalue weighted by Gasteiger charge is 2.05. The molecule has 104 valence electrons. The minimum atomic E-state index is -0.360. The quantitative estimate of drug-likeness (QED) is 0.740. The number of benzene rings is 2. The zero-order valence-electron chi connectivity index (χ0n) is 10.9. The van der Waals surface area contributed by atoms with E-state index in [0.717, 1.165) is 10.2 Å². The molecule has 0 radical (unpaired) electrons. The van der Waals surface area contributed by atoms with Crippen LogP contribution in [0.25, 0.3) is 16.3 Å². The highest BCUT2D eigenvalue weighted by molar-refractivity contribution is 7.22. The molecule has 21 heavy (non-hydrogen) atoms. The van der Waals surface area contributed by atoms with Crippen molar-refractivity contribution in [1.29, 1.82) is 0 Å². The molecule has 1 N–H and O–H groups in total. The number of thiazole rings is 1. The van der Waals surface area contributed by atoms with Gasteiger partial charge in [0.2, 0.25) is 5.91 Å². The van der Waals surface area contributed by atoms with E-state index in [4.69, 9.17) is 0 Å². The summed E-state index contributed by atoms with van der Waals surface area (Å²) in [7, 11) is 0. The molecule has 5 heteroatoms. The predicted octanol–water partition coefficient (Wildman–Crippen LogP) is 4.09. The largest absolute Gasteiger partial charge is 0.298 e. The number of nitrogens with one attached hydrogen (secondary N) is 1. The molecule has 3 nitrogen and oxygen atoms in total. The predicted molar refractivity (Wildman–Crippen MR) is 83.7 cm³/mol. The summed E-state index contributed by atoms with van der Waals surface area (Å²) in [6.45, 7) is 0. The Labute approximate surface area is 124 Å². The van der Waals surface area contributed by atoms with Gasteiger partial charge in [-0.05, 0) is 24.3 Å². The van der Waals surface area contributed by atoms with Gasteiger partial charge in [-0.15, -0.1) is 0 Å². The minimum Gasteiger partial charge on any atom is -0.298 e. The second-order valence-electron chi connectivity index (χ2n) is 4.33. The number of hydrogen-bond donors (Lipinski definition) is 1. The molecule has 0 bridgehead atoms. The van der Waals surface area contributed by atoms with Gasteiger partial charge < -0.3 is 0 Å². The van der Waals surface area contributed by atoms with Crippen LogP contribution in [0.15, 0.2) is 54.6 Å². The number of nitrogens with zero attached hydrogens (tertiary/aromatic N) is 1. The van der Waals surface area contributed by atoms with Gasteiger partial charge in [0.1, 0.15) is 5.82 Å². The average Bonchev–Trinajstić information content (AvgIpc) is 2.88. The molecule has 0 saturated heterocycles. The van der Waals surface area contributed by atoms with E-state index in [9.17, 15) is 9.18 Å². The average molecular weight is 298 g/mol. The Morgan fingerprint density at radius 3 is 2.71 bits per heavy atom. The molecule has 0 unspecified atom stereocenters. The van der Waals surface area contributed by atoms with E-state index < -0.39 is 0 Å². The monoisotopic (exact) mass is 298 g/mol. The molecule has 0 aliphatic rings. The number of halogens is 1. The first-order chi connectivity index (χ1) is 10.2. The van der Waals surface area contributed by atoms with Crippen LogP contribution in [0, 0.1) is 5.82 Å². The summed E-state index contributed by atoms with van der Waals surface area (Å²) in [5.74, 6) is -0.696. The van der Waals surface area contributed by atoms with Crippen LogP contribution in [0.4, 0.5) is 9.52 Å². The lowest BCUT2D eigenvalue weighted by Gasteiger charge is -1.96. The van der Waals surface area contributed by atoms with Crippen molar-refractivity contribution >= 4 is 38.7 Å². The maximum atomic E-state index is 13.4. The maximum Gasteiger partial charge on any atom is 0.250 e. The smallest absolute Gasteiger partial charge is 0.250 e. The molecular formula is C16H11FN2OS. The van der Waals surface area contributed by atoms with Crippen molar-refractivity contribution in [1.82, 2.24) is 4.98 Å². The van der Waals surface area contributed by atoms with Crippen molar-refractivity contribution in [3.05, 3.63) is 66.0 Å². The van der Waals surface area contributed by atoms with Crippen molar-refractivity contribution in [3.8, 4) is 0 Å². The second kappa shape index (κ2) is 5.85. The van der Waals surface area contributed by atoms with Gasteiger partial charge in [-0.2, -0.15) is 0 Å². The van der Waals surface area contributed by atoms with E-state index in [1.54, 1.807) is 18.2 Å². The number of carbonyl (C=O) groups is 1. The third kappa shape index (κ3) is 3.14. The fraction of sp³-hybridized carbons (Fsp3) is 0. The summed E-state index contributed by atoms with van der Waals surface area (Å²) in [6, 6.07) is 13.9. The first kappa shape index (κ1) is 13.5. The van der Waals surface area contributed by atoms with Crippen LogP contribution < -0.4 is 5.32 Å². The summed E-state index contributed by atoms with van der Waals surface area (Å²) in [5, 5.41) is 3.21. The molecule has 1 aromatic heterocycles. The molecule has 0 aliphatic heterocycles. The van der Waals surface area contributed by atoms with Gasteiger partial charge >= 0.3 is 0 Å². The highest BCUT2D eigenvalue weighted by Crippen LogP contribution is 2.25. The zero-order chi connectivity index (χ0) is 14.7. The van der Waals surface area contributed by atoms with Crippen LogP contribution >= 0.6 is 11.3 Å². The Bertz CT molecular complexity index is 793. The third-order valence-corrected chi connectivity index (χ3v) is 3.80. The number of anilines is 1. The molecule has 0 atom stereocenters. The summed E-state index contributed by atoms with van der Waals surface area (Å²) < 4.78 is 14.4. The number of carbonyl (C=O) groups excluding carboxylic acids is 1. The number of aromatic nitrogens is 1. The first-order valence-corrected chi connectivity index (χ1v) is 7.13. The lowest BCUT2D eigenvalue weighted by Crippen LogP contribution is -2.07. The highest BCUT2D eigenvalue weighted by atomic mass is 32.1. The molecule has 2 aromatic carbocycles. The lowest BCUT2D eigenvalue weighted by molar-refractivity contribution is -0.111. The molecule has 0 aliphatic carbocycles. The van der Waals surface area contributed by atoms with Crippen LogP contribution in [-0.2, 0) is 4.79 Å². The van der Waals surface area contributed by atoms with Crippen molar-refractivity contribution < 1.29 is 9.18 Å². The Morgan fingerprint density at radius 2 is 1.90 bits per heavy atom. The van der Waals surface area contributed by atoms with Crippen molar-refractivity contribution in [2.45, 2.75) is 0 Å². The number of amides is 1. The molecule has 1 heterocycles. The number of rotatable bonds is 3. The van der Waals surface area contributed by atoms with Crippen LogP contribution in [0.5, 0.6) is 0 Å². The van der Waals surface area contributed by atoms with Crippen molar-refractivity contribution in [3.63, 3.8) is 0 Å². The minimum absolute atomic E-state index is 0.336. The molecule has 0 saturated carbocycles. The standard InChI is InChI=1S/C16H11FN2OS/c17-12-6-2-1-5-11(12)9-10-15(20)19-16-18-13-7-3-4-8-14(13)21-16/h1-10H,(H,18,19,20)/b10-9+. The zero-order valence-corrected chi connectivity index (χ0v) is 11.7. The van der Waals surface area contributed by atoms with Crippen LogP contribution in [-0.4, -0.2) is 10.9 Å². The number of para-hydroxylation sites is 1. The van der Waals surface area contributed by atoms with Gasteiger partial charge in [0.25, 0.3) is 0 Å². The Morgan fingerprint density at radius 1 is 1.14 bits per heavy atom. The van der Waals surface area contributed by atoms with E-state index in [1.807, 2.05) is 24.3 Å². The Balaban J connectivity index is 1.73. The van der Waals surface area contributed by atoms with E-state index in [-0.39, 0.29) is 11.7 Å². The van der Waals surface area contributed by atoms with Crippen LogP contribution in [0.3, 0.4) is 0 Å². The van der Waals surface area contributed by atoms with E-state index in [1.165, 1.54) is 29.6 Å². The lowest BCUT2D eigenvalue weighted by atomic mass is 10.2. The second-order valence-corrected chi connectivity index (χ2v) is 5.36. The van der Waals surface area contributed by atoms with Gasteiger partial charge in [0.05, 0.1) is 10.2 Å². The van der Waals surface area contributed by atoms with Gasteiger partial charge in [-0.25, -0.2) is 9.37 Å². The van der Waals surface area contributed by atoms with Gasteiger partial charge in [-0.3, -0.25) is 10.1 Å². The Hall–Kier alpha value is -2.53. The summed E-state index contributed by atoms with van der Waals surface area (Å²) >= 11 is 1.40. The normalized spacial score (nSPS) is 11.1. The summed E-state index contributed by atoms with van der Waals surface area (Å²) in [6.07, 6.45) is 2.74. The van der Waals surface area contributed by atoms with E-state index >= 15 is 0 Å². The van der Waals surface area contributed by atoms with Gasteiger partial charge in [0.15, 0.2) is 5.13 Å². The van der Waals surface area contributed by atoms with Gasteiger partial charge in [0, 0.05) is 11.6 Å². The molecule has 1 amide bonds. The van der Waals surface area contributed by atoms with Gasteiger partial charge in [-0.1, -0.05) is 41.7 Å². The van der Waals surface area contributed by atoms with Crippen molar-refractivity contribution in [2.75, 3.05) is 5.32 Å². The molecule has 0 spiro atoms. The number of fused-ring (bicyclic) bond motifs is 1. The van der Waals surface area contributed by atoms with E-state index in [2.05, 4.69) is 10.3 Å². The molecule has 3 aromatic rings. The van der Waals surface area contributed by atoms with Crippen LogP contribution in [0.1, 0.15) is 5.56 Å². The third-order valence-electron chi connectivity index (χ3n) is 2.84. The Kier molecular flexibility index (Phi) is 3.75. The number of hydrogen-bond acceptors (Lipinski definition) is 3. The molecule has 3 rings (SSSR count). The topological polar surface area (TPSA) is 42.0 Å². The molecular weight excluding hydrogens is 287 g/mol. The maximum absolute atomic E-state index is 13.4. The fourth-order valence-corrected chi connectivity index (χ4v) is 2.72. The molecule has 0 fully saturated rings. The first-order valence-electron chi connectivity index (χ1n) is 6.31. The van der Waals surface area contributed by atoms with Crippen molar-refractivity contribution in [2.24, 2.45) is 0 Å². The fourth-order valence-electron chi connectivity index (χ4n) is 1.85.